The Hall–Kier alpha value is -3.44. The third-order valence-electron chi connectivity index (χ3n) is 5.88. The molecule has 11 heteroatoms. The number of hydrogen-bond donors (Lipinski definition) is 1. The lowest BCUT2D eigenvalue weighted by molar-refractivity contribution is -0.163. The van der Waals surface area contributed by atoms with Gasteiger partial charge in [0.05, 0.1) is 24.3 Å². The topological polar surface area (TPSA) is 41.6 Å². The molecule has 0 amide bonds. The lowest BCUT2D eigenvalue weighted by atomic mass is 9.96. The zero-order valence-electron chi connectivity index (χ0n) is 20.5. The lowest BCUT2D eigenvalue weighted by Gasteiger charge is -2.25. The third-order valence-corrected chi connectivity index (χ3v) is 6.93. The van der Waals surface area contributed by atoms with E-state index in [9.17, 15) is 31.1 Å². The van der Waals surface area contributed by atoms with Gasteiger partial charge in [-0.2, -0.15) is 26.3 Å². The highest BCUT2D eigenvalue weighted by Crippen LogP contribution is 2.48. The van der Waals surface area contributed by atoms with Crippen LogP contribution in [0.3, 0.4) is 0 Å². The zero-order chi connectivity index (χ0) is 28.0. The fourth-order valence-electron chi connectivity index (χ4n) is 4.04. The molecule has 0 radical (unpaired) electrons. The van der Waals surface area contributed by atoms with Crippen LogP contribution < -0.4 is 5.32 Å². The Bertz CT molecular complexity index is 1320. The molecule has 4 rings (SSSR count). The number of rotatable bonds is 8. The molecule has 4 nitrogen and oxygen atoms in total. The number of nitrogens with one attached hydrogen (secondary N) is 1. The van der Waals surface area contributed by atoms with Crippen LogP contribution in [0.5, 0.6) is 0 Å². The summed E-state index contributed by atoms with van der Waals surface area (Å²) >= 11 is 0.552. The van der Waals surface area contributed by atoms with Crippen LogP contribution in [0.25, 0.3) is 0 Å². The molecule has 0 spiro atoms. The average Bonchev–Trinajstić information content (AvgIpc) is 2.90. The van der Waals surface area contributed by atoms with Crippen LogP contribution in [0.4, 0.5) is 32.0 Å². The monoisotopic (exact) mass is 566 g/mol. The summed E-state index contributed by atoms with van der Waals surface area (Å²) in [6, 6.07) is 17.5. The standard InChI is InChI=1S/C28H24F6N2O2S/c29-27(30,31)25-22(23(37)11-12-36-13-15-38-16-14-36)9-10-24(26(25)28(32,33)34)39-21-8-4-7-20(17-21)35-18-19-5-2-1-3-6-19/h1-12,17,35H,13-16,18H2. The first-order chi connectivity index (χ1) is 18.5. The molecule has 1 aliphatic heterocycles. The molecule has 3 aromatic carbocycles. The molecule has 39 heavy (non-hydrogen) atoms. The van der Waals surface area contributed by atoms with Gasteiger partial charge < -0.3 is 15.0 Å². The Morgan fingerprint density at radius 1 is 0.897 bits per heavy atom. The van der Waals surface area contributed by atoms with Gasteiger partial charge in [0.2, 0.25) is 0 Å². The molecule has 1 N–H and O–H groups in total. The Morgan fingerprint density at radius 2 is 1.59 bits per heavy atom. The maximum absolute atomic E-state index is 14.2. The van der Waals surface area contributed by atoms with Crippen molar-refractivity contribution in [1.29, 1.82) is 0 Å². The molecule has 0 atom stereocenters. The van der Waals surface area contributed by atoms with Crippen molar-refractivity contribution < 1.29 is 35.9 Å². The van der Waals surface area contributed by atoms with E-state index in [1.54, 1.807) is 23.1 Å². The van der Waals surface area contributed by atoms with Crippen LogP contribution in [0.15, 0.2) is 88.8 Å². The van der Waals surface area contributed by atoms with Crippen molar-refractivity contribution in [3.8, 4) is 0 Å². The van der Waals surface area contributed by atoms with Crippen molar-refractivity contribution in [2.24, 2.45) is 0 Å². The van der Waals surface area contributed by atoms with E-state index in [0.717, 1.165) is 23.8 Å². The molecule has 1 heterocycles. The molecule has 0 aromatic heterocycles. The van der Waals surface area contributed by atoms with Crippen molar-refractivity contribution in [2.75, 3.05) is 31.6 Å². The quantitative estimate of drug-likeness (QED) is 0.174. The molecule has 0 unspecified atom stereocenters. The van der Waals surface area contributed by atoms with Crippen LogP contribution in [0.1, 0.15) is 27.0 Å². The summed E-state index contributed by atoms with van der Waals surface area (Å²) in [7, 11) is 0. The summed E-state index contributed by atoms with van der Waals surface area (Å²) in [5, 5.41) is 3.15. The van der Waals surface area contributed by atoms with E-state index in [-0.39, 0.29) is 0 Å². The second-order valence-electron chi connectivity index (χ2n) is 8.65. The van der Waals surface area contributed by atoms with Crippen molar-refractivity contribution in [3.05, 3.63) is 101 Å². The van der Waals surface area contributed by atoms with Gasteiger partial charge in [0.15, 0.2) is 5.78 Å². The first kappa shape index (κ1) is 28.6. The molecule has 0 saturated carbocycles. The molecule has 1 aliphatic rings. The number of carbonyl (C=O) groups excluding carboxylic acids is 1. The number of hydrogen-bond acceptors (Lipinski definition) is 5. The van der Waals surface area contributed by atoms with Gasteiger partial charge in [-0.05, 0) is 35.9 Å². The van der Waals surface area contributed by atoms with E-state index in [1.165, 1.54) is 12.3 Å². The third kappa shape index (κ3) is 7.57. The number of alkyl halides is 6. The molecule has 1 fully saturated rings. The first-order valence-corrected chi connectivity index (χ1v) is 12.8. The van der Waals surface area contributed by atoms with Crippen LogP contribution in [0.2, 0.25) is 0 Å². The number of anilines is 1. The van der Waals surface area contributed by atoms with E-state index in [0.29, 0.717) is 55.2 Å². The molecule has 0 bridgehead atoms. The highest BCUT2D eigenvalue weighted by molar-refractivity contribution is 7.99. The normalized spacial score (nSPS) is 14.6. The number of nitrogens with zero attached hydrogens (tertiary/aromatic N) is 1. The smallest absolute Gasteiger partial charge is 0.381 e. The zero-order valence-corrected chi connectivity index (χ0v) is 21.3. The van der Waals surface area contributed by atoms with E-state index in [2.05, 4.69) is 5.32 Å². The SMILES string of the molecule is O=C(C=CN1CCOCC1)c1ccc(Sc2cccc(NCc3ccccc3)c2)c(C(F)(F)F)c1C(F)(F)F. The largest absolute Gasteiger partial charge is 0.418 e. The first-order valence-electron chi connectivity index (χ1n) is 11.9. The summed E-state index contributed by atoms with van der Waals surface area (Å²) in [6.07, 6.45) is -8.63. The summed E-state index contributed by atoms with van der Waals surface area (Å²) in [4.78, 5) is 14.0. The fourth-order valence-corrected chi connectivity index (χ4v) is 5.08. The highest BCUT2D eigenvalue weighted by atomic mass is 32.2. The van der Waals surface area contributed by atoms with Gasteiger partial charge in [0, 0.05) is 53.0 Å². The van der Waals surface area contributed by atoms with E-state index in [4.69, 9.17) is 4.74 Å². The summed E-state index contributed by atoms with van der Waals surface area (Å²) < 4.78 is 90.0. The minimum Gasteiger partial charge on any atom is -0.381 e. The summed E-state index contributed by atoms with van der Waals surface area (Å²) in [5.74, 6) is -1.16. The van der Waals surface area contributed by atoms with Crippen LogP contribution in [0, 0.1) is 0 Å². The molecule has 3 aromatic rings. The number of halogens is 6. The van der Waals surface area contributed by atoms with Gasteiger partial charge >= 0.3 is 12.4 Å². The molecular formula is C28H24F6N2O2S. The molecule has 0 aliphatic carbocycles. The van der Waals surface area contributed by atoms with Gasteiger partial charge in [0.25, 0.3) is 0 Å². The maximum Gasteiger partial charge on any atom is 0.418 e. The van der Waals surface area contributed by atoms with E-state index >= 15 is 0 Å². The van der Waals surface area contributed by atoms with Crippen molar-refractivity contribution in [2.45, 2.75) is 28.7 Å². The van der Waals surface area contributed by atoms with Gasteiger partial charge in [-0.3, -0.25) is 4.79 Å². The lowest BCUT2D eigenvalue weighted by Crippen LogP contribution is -2.32. The second-order valence-corrected chi connectivity index (χ2v) is 9.77. The number of ketones is 1. The van der Waals surface area contributed by atoms with Gasteiger partial charge in [-0.15, -0.1) is 0 Å². The fraction of sp³-hybridized carbons (Fsp3) is 0.250. The van der Waals surface area contributed by atoms with Crippen molar-refractivity contribution >= 4 is 23.2 Å². The number of carbonyl (C=O) groups is 1. The Kier molecular flexibility index (Phi) is 8.91. The van der Waals surface area contributed by atoms with Gasteiger partial charge in [0.1, 0.15) is 0 Å². The van der Waals surface area contributed by atoms with Crippen LogP contribution in [-0.4, -0.2) is 37.0 Å². The predicted molar refractivity (Wildman–Crippen MR) is 137 cm³/mol. The second kappa shape index (κ2) is 12.2. The minimum atomic E-state index is -5.42. The number of benzene rings is 3. The molecular weight excluding hydrogens is 542 g/mol. The van der Waals surface area contributed by atoms with Gasteiger partial charge in [-0.1, -0.05) is 48.2 Å². The van der Waals surface area contributed by atoms with Gasteiger partial charge in [-0.25, -0.2) is 0 Å². The van der Waals surface area contributed by atoms with Crippen LogP contribution in [-0.2, 0) is 23.6 Å². The number of morpholine rings is 1. The van der Waals surface area contributed by atoms with E-state index < -0.39 is 39.7 Å². The molecule has 1 saturated heterocycles. The minimum absolute atomic E-state index is 0.304. The summed E-state index contributed by atoms with van der Waals surface area (Å²) in [5.41, 5.74) is -3.36. The maximum atomic E-state index is 14.2. The Balaban J connectivity index is 1.66. The predicted octanol–water partition coefficient (Wildman–Crippen LogP) is 7.52. The van der Waals surface area contributed by atoms with Crippen LogP contribution >= 0.6 is 11.8 Å². The summed E-state index contributed by atoms with van der Waals surface area (Å²) in [6.45, 7) is 2.03. The Labute approximate surface area is 225 Å². The molecule has 206 valence electrons. The van der Waals surface area contributed by atoms with E-state index in [1.807, 2.05) is 30.3 Å². The number of allylic oxidation sites excluding steroid dienone is 1. The highest BCUT2D eigenvalue weighted by Gasteiger charge is 2.47. The van der Waals surface area contributed by atoms with Crippen molar-refractivity contribution in [3.63, 3.8) is 0 Å². The Morgan fingerprint density at radius 3 is 2.26 bits per heavy atom. The number of ether oxygens (including phenoxy) is 1. The van der Waals surface area contributed by atoms with Crippen molar-refractivity contribution in [1.82, 2.24) is 4.90 Å². The average molecular weight is 567 g/mol.